The molecule has 0 aliphatic carbocycles. The number of halogens is 1. The zero-order valence-electron chi connectivity index (χ0n) is 16.1. The molecule has 5 nitrogen and oxygen atoms in total. The molecule has 0 atom stereocenters. The highest BCUT2D eigenvalue weighted by molar-refractivity contribution is 14.0. The highest BCUT2D eigenvalue weighted by atomic mass is 127. The van der Waals surface area contributed by atoms with Crippen LogP contribution in [0.5, 0.6) is 0 Å². The summed E-state index contributed by atoms with van der Waals surface area (Å²) in [5.74, 6) is 0.889. The molecule has 0 unspecified atom stereocenters. The first-order valence-electron chi connectivity index (χ1n) is 8.60. The fraction of sp³-hybridized carbons (Fsp3) is 0.579. The number of carbonyl (C=O) groups excluding carboxylic acids is 1. The lowest BCUT2D eigenvalue weighted by molar-refractivity contribution is -0.114. The topological polar surface area (TPSA) is 56.7 Å². The Bertz CT molecular complexity index is 640. The van der Waals surface area contributed by atoms with E-state index in [9.17, 15) is 4.79 Å². The molecule has 140 valence electrons. The summed E-state index contributed by atoms with van der Waals surface area (Å²) in [6.07, 6.45) is 0. The second-order valence-electron chi connectivity index (χ2n) is 7.58. The lowest BCUT2D eigenvalue weighted by atomic mass is 9.65. The molecule has 2 N–H and O–H groups in total. The Hall–Kier alpha value is -1.31. The minimum absolute atomic E-state index is 0. The second-order valence-corrected chi connectivity index (χ2v) is 7.58. The van der Waals surface area contributed by atoms with Crippen molar-refractivity contribution in [1.29, 1.82) is 0 Å². The van der Waals surface area contributed by atoms with Crippen LogP contribution < -0.4 is 10.6 Å². The summed E-state index contributed by atoms with van der Waals surface area (Å²) in [4.78, 5) is 18.3. The van der Waals surface area contributed by atoms with Gasteiger partial charge in [0.25, 0.3) is 0 Å². The molecule has 0 aromatic heterocycles. The number of anilines is 1. The predicted molar refractivity (Wildman–Crippen MR) is 116 cm³/mol. The number of benzene rings is 1. The van der Waals surface area contributed by atoms with Gasteiger partial charge in [0.15, 0.2) is 5.96 Å². The van der Waals surface area contributed by atoms with Gasteiger partial charge in [-0.15, -0.1) is 24.0 Å². The number of rotatable bonds is 4. The average molecular weight is 458 g/mol. The van der Waals surface area contributed by atoms with Gasteiger partial charge in [0.05, 0.1) is 6.54 Å². The number of aliphatic imine (C=N–C) groups is 1. The molecule has 0 radical (unpaired) electrons. The van der Waals surface area contributed by atoms with Crippen molar-refractivity contribution in [2.45, 2.75) is 53.6 Å². The van der Waals surface area contributed by atoms with Crippen LogP contribution in [0, 0.1) is 5.41 Å². The van der Waals surface area contributed by atoms with Crippen molar-refractivity contribution in [3.05, 3.63) is 29.8 Å². The summed E-state index contributed by atoms with van der Waals surface area (Å²) >= 11 is 0. The van der Waals surface area contributed by atoms with Gasteiger partial charge >= 0.3 is 0 Å². The third-order valence-corrected chi connectivity index (χ3v) is 5.13. The van der Waals surface area contributed by atoms with Crippen molar-refractivity contribution in [1.82, 2.24) is 10.2 Å². The number of amides is 1. The molecule has 1 aliphatic rings. The van der Waals surface area contributed by atoms with Crippen LogP contribution in [0.25, 0.3) is 0 Å². The molecule has 2 rings (SSSR count). The maximum absolute atomic E-state index is 11.2. The van der Waals surface area contributed by atoms with Gasteiger partial charge in [-0.1, -0.05) is 26.0 Å². The number of likely N-dealkylation sites (tertiary alicyclic amines) is 1. The highest BCUT2D eigenvalue weighted by Crippen LogP contribution is 2.46. The van der Waals surface area contributed by atoms with Gasteiger partial charge < -0.3 is 15.5 Å². The van der Waals surface area contributed by atoms with E-state index in [1.54, 1.807) is 0 Å². The van der Waals surface area contributed by atoms with Crippen LogP contribution in [-0.2, 0) is 11.3 Å². The quantitative estimate of drug-likeness (QED) is 0.410. The zero-order chi connectivity index (χ0) is 18.0. The van der Waals surface area contributed by atoms with Crippen molar-refractivity contribution in [3.8, 4) is 0 Å². The Kier molecular flexibility index (Phi) is 7.28. The van der Waals surface area contributed by atoms with Crippen molar-refractivity contribution in [2.24, 2.45) is 10.4 Å². The van der Waals surface area contributed by atoms with E-state index in [0.29, 0.717) is 6.54 Å². The highest BCUT2D eigenvalue weighted by Gasteiger charge is 2.53. The minimum atomic E-state index is -0.0615. The lowest BCUT2D eigenvalue weighted by Gasteiger charge is -2.62. The molecule has 1 fully saturated rings. The van der Waals surface area contributed by atoms with Gasteiger partial charge in [-0.2, -0.15) is 0 Å². The average Bonchev–Trinajstić information content (AvgIpc) is 2.49. The molecule has 1 aliphatic heterocycles. The number of hydrogen-bond donors (Lipinski definition) is 2. The van der Waals surface area contributed by atoms with Gasteiger partial charge in [-0.05, 0) is 38.5 Å². The Labute approximate surface area is 168 Å². The number of nitrogens with one attached hydrogen (secondary N) is 2. The largest absolute Gasteiger partial charge is 0.356 e. The van der Waals surface area contributed by atoms with Crippen molar-refractivity contribution in [3.63, 3.8) is 0 Å². The molecule has 1 amide bonds. The van der Waals surface area contributed by atoms with Crippen LogP contribution in [-0.4, -0.2) is 35.4 Å². The number of guanidine groups is 1. The van der Waals surface area contributed by atoms with E-state index in [-0.39, 0.29) is 40.8 Å². The summed E-state index contributed by atoms with van der Waals surface area (Å²) in [7, 11) is 0. The number of hydrogen-bond acceptors (Lipinski definition) is 2. The standard InChI is InChI=1S/C19H30N4O.HI/c1-7-20-17(23-13-18(3,4)19(23,5)6)21-12-15-9-8-10-16(11-15)22-14(2)24;/h8-11H,7,12-13H2,1-6H3,(H,20,21)(H,22,24);1H. The van der Waals surface area contributed by atoms with Crippen LogP contribution in [0.3, 0.4) is 0 Å². The Morgan fingerprint density at radius 2 is 1.96 bits per heavy atom. The second kappa shape index (κ2) is 8.38. The third kappa shape index (κ3) is 4.86. The summed E-state index contributed by atoms with van der Waals surface area (Å²) in [6, 6.07) is 7.84. The van der Waals surface area contributed by atoms with Gasteiger partial charge in [0.1, 0.15) is 0 Å². The predicted octanol–water partition coefficient (Wildman–Crippen LogP) is 3.85. The molecule has 0 spiro atoms. The zero-order valence-corrected chi connectivity index (χ0v) is 18.5. The third-order valence-electron chi connectivity index (χ3n) is 5.13. The molecule has 0 saturated carbocycles. The van der Waals surface area contributed by atoms with E-state index in [4.69, 9.17) is 4.99 Å². The van der Waals surface area contributed by atoms with Crippen molar-refractivity contribution < 1.29 is 4.79 Å². The number of nitrogens with zero attached hydrogens (tertiary/aromatic N) is 2. The van der Waals surface area contributed by atoms with E-state index in [1.807, 2.05) is 24.3 Å². The Morgan fingerprint density at radius 1 is 1.28 bits per heavy atom. The smallest absolute Gasteiger partial charge is 0.221 e. The molecule has 25 heavy (non-hydrogen) atoms. The Balaban J connectivity index is 0.00000312. The maximum Gasteiger partial charge on any atom is 0.221 e. The molecule has 1 aromatic rings. The Morgan fingerprint density at radius 3 is 2.48 bits per heavy atom. The molecule has 0 bridgehead atoms. The molecule has 1 heterocycles. The maximum atomic E-state index is 11.2. The summed E-state index contributed by atoms with van der Waals surface area (Å²) in [6.45, 7) is 15.2. The molecular formula is C19H31IN4O. The van der Waals surface area contributed by atoms with Gasteiger partial charge in [0, 0.05) is 36.7 Å². The minimum Gasteiger partial charge on any atom is -0.356 e. The van der Waals surface area contributed by atoms with Gasteiger partial charge in [-0.3, -0.25) is 4.79 Å². The fourth-order valence-electron chi connectivity index (χ4n) is 2.91. The molecule has 6 heteroatoms. The SMILES string of the molecule is CCNC(=NCc1cccc(NC(C)=O)c1)N1CC(C)(C)C1(C)C.I. The van der Waals surface area contributed by atoms with E-state index in [1.165, 1.54) is 6.92 Å². The van der Waals surface area contributed by atoms with Crippen LogP contribution in [0.2, 0.25) is 0 Å². The number of carbonyl (C=O) groups is 1. The van der Waals surface area contributed by atoms with Gasteiger partial charge in [0.2, 0.25) is 5.91 Å². The van der Waals surface area contributed by atoms with E-state index >= 15 is 0 Å². The van der Waals surface area contributed by atoms with Crippen LogP contribution in [0.15, 0.2) is 29.3 Å². The first-order valence-corrected chi connectivity index (χ1v) is 8.60. The van der Waals surface area contributed by atoms with Crippen molar-refractivity contribution in [2.75, 3.05) is 18.4 Å². The van der Waals surface area contributed by atoms with Crippen LogP contribution in [0.4, 0.5) is 5.69 Å². The van der Waals surface area contributed by atoms with E-state index in [2.05, 4.69) is 50.2 Å². The van der Waals surface area contributed by atoms with E-state index < -0.39 is 0 Å². The molecule has 1 aromatic carbocycles. The monoisotopic (exact) mass is 458 g/mol. The van der Waals surface area contributed by atoms with E-state index in [0.717, 1.165) is 30.3 Å². The molecular weight excluding hydrogens is 427 g/mol. The fourth-order valence-corrected chi connectivity index (χ4v) is 2.91. The van der Waals surface area contributed by atoms with Crippen molar-refractivity contribution >= 4 is 41.5 Å². The van der Waals surface area contributed by atoms with Gasteiger partial charge in [-0.25, -0.2) is 4.99 Å². The first-order chi connectivity index (χ1) is 11.2. The van der Waals surface area contributed by atoms with Crippen LogP contribution in [0.1, 0.15) is 47.1 Å². The molecule has 1 saturated heterocycles. The lowest BCUT2D eigenvalue weighted by Crippen LogP contribution is -2.72. The normalized spacial score (nSPS) is 18.0. The summed E-state index contributed by atoms with van der Waals surface area (Å²) < 4.78 is 0. The van der Waals surface area contributed by atoms with Crippen LogP contribution >= 0.6 is 24.0 Å². The summed E-state index contributed by atoms with van der Waals surface area (Å²) in [5.41, 5.74) is 2.24. The summed E-state index contributed by atoms with van der Waals surface area (Å²) in [5, 5.41) is 6.21. The first kappa shape index (κ1) is 21.7.